The summed E-state index contributed by atoms with van der Waals surface area (Å²) in [5, 5.41) is 3.38. The van der Waals surface area contributed by atoms with Crippen LogP contribution in [0.1, 0.15) is 57.0 Å². The molecule has 0 fully saturated rings. The maximum Gasteiger partial charge on any atom is 0.411 e. The van der Waals surface area contributed by atoms with Crippen LogP contribution in [-0.2, 0) is 21.2 Å². The monoisotopic (exact) mass is 606 g/mol. The van der Waals surface area contributed by atoms with Crippen molar-refractivity contribution in [3.05, 3.63) is 84.3 Å². The van der Waals surface area contributed by atoms with E-state index < -0.39 is 21.7 Å². The number of benzene rings is 2. The van der Waals surface area contributed by atoms with E-state index in [1.165, 1.54) is 11.3 Å². The number of nitrogens with one attached hydrogen (secondary N) is 2. The van der Waals surface area contributed by atoms with Gasteiger partial charge in [0.05, 0.1) is 15.9 Å². The number of carbonyl (C=O) groups excluding carboxylic acids is 2. The van der Waals surface area contributed by atoms with Crippen LogP contribution in [-0.4, -0.2) is 41.9 Å². The number of thiazole rings is 1. The summed E-state index contributed by atoms with van der Waals surface area (Å²) in [6.45, 7) is 8.91. The van der Waals surface area contributed by atoms with Crippen molar-refractivity contribution in [1.82, 2.24) is 14.7 Å². The lowest BCUT2D eigenvalue weighted by Gasteiger charge is -2.22. The van der Waals surface area contributed by atoms with Crippen LogP contribution in [0, 0.1) is 0 Å². The van der Waals surface area contributed by atoms with Gasteiger partial charge in [-0.1, -0.05) is 12.1 Å². The highest BCUT2D eigenvalue weighted by atomic mass is 32.2. The SMILES string of the molecule is CC(C)OC(=O)Nc1ccc(-c2ncc(-c3ccc(CCC(=O)c4ccncc4)cc3S(=O)(=O)NC(C)(C)C)s2)cc1. The number of carbonyl (C=O) groups is 2. The number of Topliss-reactive ketones (excluding diaryl/α,β-unsaturated/α-hetero) is 1. The van der Waals surface area contributed by atoms with Crippen LogP contribution in [0.4, 0.5) is 10.5 Å². The largest absolute Gasteiger partial charge is 0.447 e. The van der Waals surface area contributed by atoms with Crippen molar-refractivity contribution in [2.24, 2.45) is 0 Å². The molecule has 4 rings (SSSR count). The number of ketones is 1. The Morgan fingerprint density at radius 1 is 1.00 bits per heavy atom. The van der Waals surface area contributed by atoms with Gasteiger partial charge in [0.2, 0.25) is 10.0 Å². The third kappa shape index (κ3) is 8.31. The summed E-state index contributed by atoms with van der Waals surface area (Å²) in [5.41, 5.74) is 2.53. The first-order valence-electron chi connectivity index (χ1n) is 13.5. The molecule has 2 heterocycles. The molecule has 2 N–H and O–H groups in total. The quantitative estimate of drug-likeness (QED) is 0.192. The zero-order valence-corrected chi connectivity index (χ0v) is 25.8. The summed E-state index contributed by atoms with van der Waals surface area (Å²) in [4.78, 5) is 33.8. The second-order valence-electron chi connectivity index (χ2n) is 11.0. The van der Waals surface area contributed by atoms with Crippen LogP contribution in [0.3, 0.4) is 0 Å². The van der Waals surface area contributed by atoms with E-state index >= 15 is 0 Å². The lowest BCUT2D eigenvalue weighted by Crippen LogP contribution is -2.40. The normalized spacial score (nSPS) is 11.9. The number of rotatable bonds is 10. The van der Waals surface area contributed by atoms with E-state index in [0.29, 0.717) is 33.1 Å². The number of nitrogens with zero attached hydrogens (tertiary/aromatic N) is 2. The Balaban J connectivity index is 1.61. The molecule has 220 valence electrons. The molecule has 11 heteroatoms. The molecule has 0 aliphatic rings. The summed E-state index contributed by atoms with van der Waals surface area (Å²) in [5.74, 6) is -0.0381. The van der Waals surface area contributed by atoms with Crippen molar-refractivity contribution < 1.29 is 22.7 Å². The highest BCUT2D eigenvalue weighted by molar-refractivity contribution is 7.89. The zero-order valence-electron chi connectivity index (χ0n) is 24.2. The molecule has 0 aliphatic carbocycles. The van der Waals surface area contributed by atoms with Crippen molar-refractivity contribution in [2.75, 3.05) is 5.32 Å². The van der Waals surface area contributed by atoms with E-state index in [0.717, 1.165) is 11.1 Å². The van der Waals surface area contributed by atoms with Gasteiger partial charge < -0.3 is 4.74 Å². The number of hydrogen-bond acceptors (Lipinski definition) is 8. The predicted molar refractivity (Wildman–Crippen MR) is 165 cm³/mol. The molecule has 0 atom stereocenters. The highest BCUT2D eigenvalue weighted by Crippen LogP contribution is 2.37. The van der Waals surface area contributed by atoms with Crippen molar-refractivity contribution in [2.45, 2.75) is 64.0 Å². The summed E-state index contributed by atoms with van der Waals surface area (Å²) in [6.07, 6.45) is 4.67. The minimum atomic E-state index is -3.91. The van der Waals surface area contributed by atoms with E-state index in [-0.39, 0.29) is 23.2 Å². The van der Waals surface area contributed by atoms with E-state index in [4.69, 9.17) is 4.74 Å². The molecule has 42 heavy (non-hydrogen) atoms. The van der Waals surface area contributed by atoms with Gasteiger partial charge in [-0.05, 0) is 89.1 Å². The fourth-order valence-electron chi connectivity index (χ4n) is 4.14. The number of hydrogen-bond donors (Lipinski definition) is 2. The van der Waals surface area contributed by atoms with E-state index in [2.05, 4.69) is 20.0 Å². The van der Waals surface area contributed by atoms with Gasteiger partial charge in [-0.15, -0.1) is 11.3 Å². The minimum absolute atomic E-state index is 0.0381. The van der Waals surface area contributed by atoms with Crippen LogP contribution in [0.5, 0.6) is 0 Å². The number of anilines is 1. The van der Waals surface area contributed by atoms with Gasteiger partial charge in [0.1, 0.15) is 5.01 Å². The molecular weight excluding hydrogens is 572 g/mol. The lowest BCUT2D eigenvalue weighted by atomic mass is 10.0. The number of aryl methyl sites for hydroxylation is 1. The summed E-state index contributed by atoms with van der Waals surface area (Å²) < 4.78 is 35.0. The first kappa shape index (κ1) is 31.0. The fourth-order valence-corrected chi connectivity index (χ4v) is 6.85. The molecular formula is C31H34N4O5S2. The van der Waals surface area contributed by atoms with E-state index in [1.54, 1.807) is 89.6 Å². The Bertz CT molecular complexity index is 1660. The summed E-state index contributed by atoms with van der Waals surface area (Å²) in [7, 11) is -3.91. The van der Waals surface area contributed by atoms with Crippen LogP contribution in [0.2, 0.25) is 0 Å². The van der Waals surface area contributed by atoms with Crippen molar-refractivity contribution in [3.63, 3.8) is 0 Å². The third-order valence-electron chi connectivity index (χ3n) is 5.91. The molecule has 2 aromatic heterocycles. The molecule has 4 aromatic rings. The summed E-state index contributed by atoms with van der Waals surface area (Å²) >= 11 is 1.36. The average Bonchev–Trinajstić information content (AvgIpc) is 3.41. The van der Waals surface area contributed by atoms with Gasteiger partial charge in [0.25, 0.3) is 0 Å². The Morgan fingerprint density at radius 3 is 2.33 bits per heavy atom. The van der Waals surface area contributed by atoms with Gasteiger partial charge in [-0.2, -0.15) is 0 Å². The lowest BCUT2D eigenvalue weighted by molar-refractivity contribution is 0.0982. The number of pyridine rings is 1. The van der Waals surface area contributed by atoms with Crippen LogP contribution in [0.15, 0.2) is 78.1 Å². The number of aromatic nitrogens is 2. The Kier molecular flexibility index (Phi) is 9.55. The van der Waals surface area contributed by atoms with Crippen molar-refractivity contribution >= 4 is 38.9 Å². The maximum atomic E-state index is 13.6. The molecule has 1 amide bonds. The van der Waals surface area contributed by atoms with Gasteiger partial charge >= 0.3 is 6.09 Å². The fraction of sp³-hybridized carbons (Fsp3) is 0.290. The molecule has 0 radical (unpaired) electrons. The molecule has 2 aromatic carbocycles. The number of ether oxygens (including phenoxy) is 1. The molecule has 0 saturated carbocycles. The number of amides is 1. The Hall–Kier alpha value is -3.93. The van der Waals surface area contributed by atoms with Crippen LogP contribution < -0.4 is 10.0 Å². The third-order valence-corrected chi connectivity index (χ3v) is 8.79. The molecule has 0 bridgehead atoms. The van der Waals surface area contributed by atoms with Gasteiger partial charge in [-0.25, -0.2) is 22.9 Å². The standard InChI is InChI=1S/C31H34N4O5S2/c1-20(2)40-30(37)34-24-10-8-23(9-11-24)29-33-19-27(41-29)25-12-6-21(7-13-26(36)22-14-16-32-17-15-22)18-28(25)42(38,39)35-31(3,4)5/h6,8-12,14-20,35H,7,13H2,1-5H3,(H,34,37). The number of sulfonamides is 1. The van der Waals surface area contributed by atoms with Crippen molar-refractivity contribution in [3.8, 4) is 21.0 Å². The van der Waals surface area contributed by atoms with Gasteiger partial charge in [-0.3, -0.25) is 15.1 Å². The average molecular weight is 607 g/mol. The second-order valence-corrected chi connectivity index (χ2v) is 13.7. The van der Waals surface area contributed by atoms with E-state index in [1.807, 2.05) is 18.2 Å². The molecule has 0 spiro atoms. The first-order chi connectivity index (χ1) is 19.8. The smallest absolute Gasteiger partial charge is 0.411 e. The van der Waals surface area contributed by atoms with Crippen LogP contribution in [0.25, 0.3) is 21.0 Å². The Morgan fingerprint density at radius 2 is 1.69 bits per heavy atom. The minimum Gasteiger partial charge on any atom is -0.447 e. The van der Waals surface area contributed by atoms with Gasteiger partial charge in [0, 0.05) is 52.9 Å². The Labute approximate surface area is 250 Å². The van der Waals surface area contributed by atoms with Crippen molar-refractivity contribution in [1.29, 1.82) is 0 Å². The predicted octanol–water partition coefficient (Wildman–Crippen LogP) is 6.72. The van der Waals surface area contributed by atoms with Gasteiger partial charge in [0.15, 0.2) is 5.78 Å². The highest BCUT2D eigenvalue weighted by Gasteiger charge is 2.26. The molecule has 9 nitrogen and oxygen atoms in total. The zero-order chi connectivity index (χ0) is 30.5. The molecule has 0 aliphatic heterocycles. The maximum absolute atomic E-state index is 13.6. The second kappa shape index (κ2) is 12.9. The van der Waals surface area contributed by atoms with Crippen LogP contribution >= 0.6 is 11.3 Å². The molecule has 0 unspecified atom stereocenters. The molecule has 0 saturated heterocycles. The topological polar surface area (TPSA) is 127 Å². The van der Waals surface area contributed by atoms with E-state index in [9.17, 15) is 18.0 Å². The summed E-state index contributed by atoms with van der Waals surface area (Å²) in [6, 6.07) is 15.8. The first-order valence-corrected chi connectivity index (χ1v) is 15.7.